The monoisotopic (exact) mass is 271 g/mol. The zero-order chi connectivity index (χ0) is 14.1. The number of hydrogen-bond donors (Lipinski definition) is 1. The minimum Gasteiger partial charge on any atom is -0.406 e. The number of halogens is 1. The molecule has 3 rings (SSSR count). The van der Waals surface area contributed by atoms with Gasteiger partial charge in [0.15, 0.2) is 11.4 Å². The molecule has 0 aliphatic carbocycles. The lowest BCUT2D eigenvalue weighted by Crippen LogP contribution is -2.16. The van der Waals surface area contributed by atoms with Crippen LogP contribution >= 0.6 is 0 Å². The number of nitrogens with two attached hydrogens (primary N) is 1. The molecule has 0 radical (unpaired) electrons. The Hall–Kier alpha value is -2.89. The van der Waals surface area contributed by atoms with Crippen molar-refractivity contribution in [2.24, 2.45) is 5.73 Å². The molecule has 1 amide bonds. The summed E-state index contributed by atoms with van der Waals surface area (Å²) in [6.45, 7) is 0. The van der Waals surface area contributed by atoms with Gasteiger partial charge in [-0.3, -0.25) is 0 Å². The third kappa shape index (κ3) is 2.18. The van der Waals surface area contributed by atoms with E-state index < -0.39 is 6.09 Å². The number of primary amides is 1. The van der Waals surface area contributed by atoms with E-state index in [1.165, 1.54) is 12.1 Å². The molecule has 20 heavy (non-hydrogen) atoms. The zero-order valence-electron chi connectivity index (χ0n) is 10.3. The van der Waals surface area contributed by atoms with E-state index in [1.807, 2.05) is 0 Å². The molecule has 2 aromatic heterocycles. The van der Waals surface area contributed by atoms with Gasteiger partial charge >= 0.3 is 6.09 Å². The van der Waals surface area contributed by atoms with Gasteiger partial charge in [0.25, 0.3) is 0 Å². The van der Waals surface area contributed by atoms with E-state index in [2.05, 4.69) is 4.98 Å². The molecule has 0 spiro atoms. The van der Waals surface area contributed by atoms with Gasteiger partial charge in [0, 0.05) is 18.0 Å². The Balaban J connectivity index is 2.13. The predicted molar refractivity (Wildman–Crippen MR) is 70.8 cm³/mol. The number of aromatic nitrogens is 2. The van der Waals surface area contributed by atoms with Crippen LogP contribution in [0.1, 0.15) is 0 Å². The first kappa shape index (κ1) is 12.2. The normalized spacial score (nSPS) is 10.7. The highest BCUT2D eigenvalue weighted by atomic mass is 19.1. The summed E-state index contributed by atoms with van der Waals surface area (Å²) in [5, 5.41) is 0. The maximum Gasteiger partial charge on any atom is 0.410 e. The summed E-state index contributed by atoms with van der Waals surface area (Å²) in [5.74, 6) is -0.0872. The molecule has 2 N–H and O–H groups in total. The summed E-state index contributed by atoms with van der Waals surface area (Å²) in [6.07, 6.45) is 2.56. The minimum absolute atomic E-state index is 0.252. The summed E-state index contributed by atoms with van der Waals surface area (Å²) in [7, 11) is 0. The standard InChI is InChI=1S/C14H10FN3O2/c15-10-4-1-3-9(7-10)11-8-18-6-2-5-12(13(18)17-11)20-14(16)19/h1-8H,(H2,16,19). The van der Waals surface area contributed by atoms with Crippen LogP contribution < -0.4 is 10.5 Å². The Bertz CT molecular complexity index is 798. The molecule has 0 atom stereocenters. The number of amides is 1. The van der Waals surface area contributed by atoms with Crippen molar-refractivity contribution in [2.45, 2.75) is 0 Å². The van der Waals surface area contributed by atoms with Crippen molar-refractivity contribution < 1.29 is 13.9 Å². The van der Waals surface area contributed by atoms with Crippen LogP contribution in [0.25, 0.3) is 16.9 Å². The highest BCUT2D eigenvalue weighted by Gasteiger charge is 2.10. The number of ether oxygens (including phenoxy) is 1. The van der Waals surface area contributed by atoms with E-state index in [-0.39, 0.29) is 11.6 Å². The Morgan fingerprint density at radius 3 is 2.90 bits per heavy atom. The van der Waals surface area contributed by atoms with Crippen LogP contribution in [0, 0.1) is 5.82 Å². The van der Waals surface area contributed by atoms with Crippen molar-refractivity contribution >= 4 is 11.7 Å². The third-order valence-electron chi connectivity index (χ3n) is 2.78. The lowest BCUT2D eigenvalue weighted by Gasteiger charge is -2.01. The molecule has 3 aromatic rings. The summed E-state index contributed by atoms with van der Waals surface area (Å²) < 4.78 is 19.8. The number of carbonyl (C=O) groups is 1. The second kappa shape index (κ2) is 4.65. The summed E-state index contributed by atoms with van der Waals surface area (Å²) in [4.78, 5) is 15.2. The largest absolute Gasteiger partial charge is 0.410 e. The molecule has 2 heterocycles. The number of hydrogen-bond acceptors (Lipinski definition) is 3. The second-order valence-corrected chi connectivity index (χ2v) is 4.16. The Kier molecular flexibility index (Phi) is 2.83. The molecule has 0 saturated heterocycles. The number of carbonyl (C=O) groups excluding carboxylic acids is 1. The molecule has 100 valence electrons. The lowest BCUT2D eigenvalue weighted by atomic mass is 10.2. The first-order valence-corrected chi connectivity index (χ1v) is 5.84. The predicted octanol–water partition coefficient (Wildman–Crippen LogP) is 2.60. The molecular formula is C14H10FN3O2. The lowest BCUT2D eigenvalue weighted by molar-refractivity contribution is 0.211. The van der Waals surface area contributed by atoms with Crippen molar-refractivity contribution in [1.29, 1.82) is 0 Å². The number of imidazole rings is 1. The van der Waals surface area contributed by atoms with Gasteiger partial charge in [-0.05, 0) is 24.3 Å². The Morgan fingerprint density at radius 1 is 1.30 bits per heavy atom. The van der Waals surface area contributed by atoms with E-state index in [9.17, 15) is 9.18 Å². The first-order valence-electron chi connectivity index (χ1n) is 5.84. The molecule has 0 fully saturated rings. The Labute approximate surface area is 113 Å². The van der Waals surface area contributed by atoms with Crippen molar-refractivity contribution in [3.8, 4) is 17.0 Å². The average Bonchev–Trinajstić information content (AvgIpc) is 2.83. The topological polar surface area (TPSA) is 69.6 Å². The molecule has 0 saturated carbocycles. The van der Waals surface area contributed by atoms with E-state index in [4.69, 9.17) is 10.5 Å². The van der Waals surface area contributed by atoms with E-state index in [0.717, 1.165) is 0 Å². The van der Waals surface area contributed by atoms with Crippen LogP contribution in [-0.4, -0.2) is 15.5 Å². The van der Waals surface area contributed by atoms with E-state index >= 15 is 0 Å². The SMILES string of the molecule is NC(=O)Oc1cccn2cc(-c3cccc(F)c3)nc12. The number of fused-ring (bicyclic) bond motifs is 1. The highest BCUT2D eigenvalue weighted by molar-refractivity contribution is 5.73. The summed E-state index contributed by atoms with van der Waals surface area (Å²) in [6, 6.07) is 9.39. The smallest absolute Gasteiger partial charge is 0.406 e. The van der Waals surface area contributed by atoms with Gasteiger partial charge in [-0.15, -0.1) is 0 Å². The average molecular weight is 271 g/mol. The summed E-state index contributed by atoms with van der Waals surface area (Å²) >= 11 is 0. The van der Waals surface area contributed by atoms with Gasteiger partial charge < -0.3 is 14.9 Å². The molecule has 0 aliphatic heterocycles. The molecule has 5 nitrogen and oxygen atoms in total. The number of nitrogens with zero attached hydrogens (tertiary/aromatic N) is 2. The third-order valence-corrected chi connectivity index (χ3v) is 2.78. The molecule has 6 heteroatoms. The fourth-order valence-corrected chi connectivity index (χ4v) is 1.96. The molecule has 0 bridgehead atoms. The number of pyridine rings is 1. The van der Waals surface area contributed by atoms with Gasteiger partial charge in [0.2, 0.25) is 0 Å². The summed E-state index contributed by atoms with van der Waals surface area (Å²) in [5.41, 5.74) is 6.65. The van der Waals surface area contributed by atoms with Crippen LogP contribution in [0.3, 0.4) is 0 Å². The molecular weight excluding hydrogens is 261 g/mol. The van der Waals surface area contributed by atoms with Gasteiger partial charge in [-0.25, -0.2) is 14.2 Å². The van der Waals surface area contributed by atoms with Gasteiger partial charge in [-0.2, -0.15) is 0 Å². The molecule has 0 aliphatic rings. The van der Waals surface area contributed by atoms with E-state index in [0.29, 0.717) is 16.9 Å². The first-order chi connectivity index (χ1) is 9.63. The minimum atomic E-state index is -0.909. The van der Waals surface area contributed by atoms with Gasteiger partial charge in [0.05, 0.1) is 5.69 Å². The van der Waals surface area contributed by atoms with Crippen molar-refractivity contribution in [2.75, 3.05) is 0 Å². The fraction of sp³-hybridized carbons (Fsp3) is 0. The molecule has 1 aromatic carbocycles. The number of benzene rings is 1. The van der Waals surface area contributed by atoms with Crippen LogP contribution in [0.4, 0.5) is 9.18 Å². The van der Waals surface area contributed by atoms with Crippen LogP contribution in [0.15, 0.2) is 48.8 Å². The highest BCUT2D eigenvalue weighted by Crippen LogP contribution is 2.24. The van der Waals surface area contributed by atoms with Gasteiger partial charge in [-0.1, -0.05) is 12.1 Å². The quantitative estimate of drug-likeness (QED) is 0.778. The van der Waals surface area contributed by atoms with Gasteiger partial charge in [0.1, 0.15) is 5.82 Å². The van der Waals surface area contributed by atoms with E-state index in [1.54, 1.807) is 41.1 Å². The van der Waals surface area contributed by atoms with Crippen molar-refractivity contribution in [3.05, 3.63) is 54.6 Å². The maximum absolute atomic E-state index is 13.2. The van der Waals surface area contributed by atoms with Crippen molar-refractivity contribution in [1.82, 2.24) is 9.38 Å². The van der Waals surface area contributed by atoms with Crippen LogP contribution in [0.5, 0.6) is 5.75 Å². The fourth-order valence-electron chi connectivity index (χ4n) is 1.96. The second-order valence-electron chi connectivity index (χ2n) is 4.16. The van der Waals surface area contributed by atoms with Crippen LogP contribution in [0.2, 0.25) is 0 Å². The van der Waals surface area contributed by atoms with Crippen LogP contribution in [-0.2, 0) is 0 Å². The molecule has 0 unspecified atom stereocenters. The Morgan fingerprint density at radius 2 is 2.15 bits per heavy atom. The zero-order valence-corrected chi connectivity index (χ0v) is 10.3. The van der Waals surface area contributed by atoms with Crippen molar-refractivity contribution in [3.63, 3.8) is 0 Å². The maximum atomic E-state index is 13.2. The number of rotatable bonds is 2.